The number of nitrogens with one attached hydrogen (secondary N) is 1. The lowest BCUT2D eigenvalue weighted by atomic mass is 10.2. The van der Waals surface area contributed by atoms with E-state index >= 15 is 0 Å². The van der Waals surface area contributed by atoms with Crippen LogP contribution in [0, 0.1) is 0 Å². The normalized spacial score (nSPS) is 12.0. The van der Waals surface area contributed by atoms with Crippen LogP contribution in [0.3, 0.4) is 0 Å². The summed E-state index contributed by atoms with van der Waals surface area (Å²) in [6.45, 7) is 9.56. The molecular formula is C11H21N3. The second-order valence-electron chi connectivity index (χ2n) is 2.46. The quantitative estimate of drug-likeness (QED) is 0.729. The fourth-order valence-corrected chi connectivity index (χ4v) is 0.990. The van der Waals surface area contributed by atoms with Crippen molar-refractivity contribution in [2.24, 2.45) is 5.73 Å². The maximum absolute atomic E-state index is 5.75. The highest BCUT2D eigenvalue weighted by Gasteiger charge is 2.07. The van der Waals surface area contributed by atoms with Gasteiger partial charge in [0.1, 0.15) is 0 Å². The molecule has 1 aromatic heterocycles. The molecule has 1 heterocycles. The molecule has 0 fully saturated rings. The monoisotopic (exact) mass is 195 g/mol. The number of hydrogen-bond acceptors (Lipinski definition) is 2. The summed E-state index contributed by atoms with van der Waals surface area (Å²) in [6.07, 6.45) is 7.15. The predicted octanol–water partition coefficient (Wildman–Crippen LogP) is 2.90. The van der Waals surface area contributed by atoms with Gasteiger partial charge in [0.15, 0.2) is 0 Å². The van der Waals surface area contributed by atoms with Crippen LogP contribution in [0.25, 0.3) is 6.08 Å². The topological polar surface area (TPSA) is 54.7 Å². The minimum absolute atomic E-state index is 0. The Bertz CT molecular complexity index is 292. The molecule has 3 nitrogen and oxygen atoms in total. The van der Waals surface area contributed by atoms with Crippen LogP contribution < -0.4 is 5.73 Å². The molecule has 1 atom stereocenters. The Morgan fingerprint density at radius 3 is 2.79 bits per heavy atom. The molecule has 0 aliphatic carbocycles. The molecule has 3 N–H and O–H groups in total. The van der Waals surface area contributed by atoms with Gasteiger partial charge >= 0.3 is 0 Å². The van der Waals surface area contributed by atoms with Crippen molar-refractivity contribution in [3.8, 4) is 0 Å². The number of allylic oxidation sites excluding steroid dienone is 1. The number of nitrogens with zero attached hydrogens (tertiary/aromatic N) is 1. The first-order chi connectivity index (χ1) is 6.79. The zero-order valence-electron chi connectivity index (χ0n) is 9.12. The number of H-pyrrole nitrogens is 1. The molecule has 0 spiro atoms. The standard InChI is InChI=1S/C9H13N3.C2H6.H2/c1-3-5-8-9(7(10)4-2)12-6-11-8;1-2;/h3-7H,2,10H2,1H3,(H,11,12);1-2H3;1H/b5-3+;;. The molecule has 0 aliphatic rings. The van der Waals surface area contributed by atoms with Crippen LogP contribution in [0.15, 0.2) is 25.1 Å². The summed E-state index contributed by atoms with van der Waals surface area (Å²) >= 11 is 0. The molecule has 0 amide bonds. The molecule has 0 saturated carbocycles. The first-order valence-electron chi connectivity index (χ1n) is 4.83. The average Bonchev–Trinajstić information content (AvgIpc) is 2.69. The number of nitrogens with two attached hydrogens (primary N) is 1. The smallest absolute Gasteiger partial charge is 0.0929 e. The van der Waals surface area contributed by atoms with Gasteiger partial charge in [0.2, 0.25) is 0 Å². The second kappa shape index (κ2) is 7.09. The Hall–Kier alpha value is -1.35. The van der Waals surface area contributed by atoms with Gasteiger partial charge in [-0.3, -0.25) is 0 Å². The lowest BCUT2D eigenvalue weighted by Crippen LogP contribution is -2.08. The summed E-state index contributed by atoms with van der Waals surface area (Å²) in [5, 5.41) is 0. The first kappa shape index (κ1) is 12.7. The zero-order chi connectivity index (χ0) is 11.0. The molecule has 1 aromatic rings. The molecule has 0 radical (unpaired) electrons. The van der Waals surface area contributed by atoms with Crippen molar-refractivity contribution in [3.05, 3.63) is 36.4 Å². The van der Waals surface area contributed by atoms with E-state index in [1.54, 1.807) is 12.4 Å². The molecule has 0 saturated heterocycles. The van der Waals surface area contributed by atoms with E-state index in [1.807, 2.05) is 32.9 Å². The lowest BCUT2D eigenvalue weighted by Gasteiger charge is -2.03. The number of hydrogen-bond donors (Lipinski definition) is 2. The number of aromatic nitrogens is 2. The molecule has 3 heteroatoms. The van der Waals surface area contributed by atoms with Gasteiger partial charge in [-0.25, -0.2) is 4.98 Å². The largest absolute Gasteiger partial charge is 0.346 e. The number of aromatic amines is 1. The Labute approximate surface area is 87.2 Å². The van der Waals surface area contributed by atoms with Crippen molar-refractivity contribution < 1.29 is 1.43 Å². The summed E-state index contributed by atoms with van der Waals surface area (Å²) in [5.41, 5.74) is 7.53. The van der Waals surface area contributed by atoms with E-state index in [1.165, 1.54) is 0 Å². The summed E-state index contributed by atoms with van der Waals surface area (Å²) in [4.78, 5) is 7.09. The number of imidazole rings is 1. The van der Waals surface area contributed by atoms with E-state index in [4.69, 9.17) is 5.73 Å². The third-order valence-electron chi connectivity index (χ3n) is 1.61. The third kappa shape index (κ3) is 3.18. The van der Waals surface area contributed by atoms with Gasteiger partial charge in [-0.05, 0) is 13.0 Å². The molecule has 0 aromatic carbocycles. The summed E-state index contributed by atoms with van der Waals surface area (Å²) < 4.78 is 0. The van der Waals surface area contributed by atoms with Crippen LogP contribution in [0.2, 0.25) is 0 Å². The molecule has 1 unspecified atom stereocenters. The van der Waals surface area contributed by atoms with Crippen LogP contribution >= 0.6 is 0 Å². The third-order valence-corrected chi connectivity index (χ3v) is 1.61. The van der Waals surface area contributed by atoms with Gasteiger partial charge in [0.05, 0.1) is 23.8 Å². The summed E-state index contributed by atoms with van der Waals surface area (Å²) in [5.74, 6) is 0. The van der Waals surface area contributed by atoms with E-state index in [2.05, 4.69) is 16.5 Å². The van der Waals surface area contributed by atoms with E-state index in [0.29, 0.717) is 0 Å². The predicted molar refractivity (Wildman–Crippen MR) is 63.9 cm³/mol. The van der Waals surface area contributed by atoms with Crippen molar-refractivity contribution in [2.75, 3.05) is 0 Å². The van der Waals surface area contributed by atoms with Crippen LogP contribution in [0.5, 0.6) is 0 Å². The Morgan fingerprint density at radius 1 is 1.64 bits per heavy atom. The SMILES string of the molecule is C=CC(N)c1[nH]cnc1/C=C/C.CC.[HH]. The van der Waals surface area contributed by atoms with Gasteiger partial charge in [-0.1, -0.05) is 26.0 Å². The van der Waals surface area contributed by atoms with Gasteiger partial charge in [-0.15, -0.1) is 6.58 Å². The molecule has 0 bridgehead atoms. The van der Waals surface area contributed by atoms with Gasteiger partial charge in [0.25, 0.3) is 0 Å². The highest BCUT2D eigenvalue weighted by Crippen LogP contribution is 2.13. The minimum atomic E-state index is -0.168. The number of rotatable bonds is 3. The lowest BCUT2D eigenvalue weighted by molar-refractivity contribution is 0.872. The minimum Gasteiger partial charge on any atom is -0.346 e. The fraction of sp³-hybridized carbons (Fsp3) is 0.364. The van der Waals surface area contributed by atoms with Crippen molar-refractivity contribution in [3.63, 3.8) is 0 Å². The van der Waals surface area contributed by atoms with E-state index < -0.39 is 0 Å². The fourth-order valence-electron chi connectivity index (χ4n) is 0.990. The van der Waals surface area contributed by atoms with Crippen molar-refractivity contribution in [1.29, 1.82) is 0 Å². The van der Waals surface area contributed by atoms with Gasteiger partial charge < -0.3 is 10.7 Å². The highest BCUT2D eigenvalue weighted by atomic mass is 14.9. The molecule has 1 rings (SSSR count). The van der Waals surface area contributed by atoms with Gasteiger partial charge in [-0.2, -0.15) is 0 Å². The summed E-state index contributed by atoms with van der Waals surface area (Å²) in [6, 6.07) is -0.168. The Kier molecular flexibility index (Phi) is 6.41. The molecule has 0 aliphatic heterocycles. The van der Waals surface area contributed by atoms with Crippen LogP contribution in [0.4, 0.5) is 0 Å². The molecule has 80 valence electrons. The van der Waals surface area contributed by atoms with Crippen LogP contribution in [-0.4, -0.2) is 9.97 Å². The molecule has 14 heavy (non-hydrogen) atoms. The summed E-state index contributed by atoms with van der Waals surface area (Å²) in [7, 11) is 0. The van der Waals surface area contributed by atoms with E-state index in [-0.39, 0.29) is 7.47 Å². The Balaban J connectivity index is 0. The van der Waals surface area contributed by atoms with Crippen LogP contribution in [0.1, 0.15) is 39.6 Å². The van der Waals surface area contributed by atoms with Crippen LogP contribution in [-0.2, 0) is 0 Å². The van der Waals surface area contributed by atoms with Crippen molar-refractivity contribution in [2.45, 2.75) is 26.8 Å². The van der Waals surface area contributed by atoms with Crippen molar-refractivity contribution >= 4 is 6.08 Å². The highest BCUT2D eigenvalue weighted by molar-refractivity contribution is 5.48. The molecular weight excluding hydrogens is 174 g/mol. The van der Waals surface area contributed by atoms with Crippen molar-refractivity contribution in [1.82, 2.24) is 9.97 Å². The average molecular weight is 195 g/mol. The van der Waals surface area contributed by atoms with Gasteiger partial charge in [0, 0.05) is 1.43 Å². The zero-order valence-corrected chi connectivity index (χ0v) is 9.12. The van der Waals surface area contributed by atoms with E-state index in [9.17, 15) is 0 Å². The first-order valence-corrected chi connectivity index (χ1v) is 4.83. The maximum Gasteiger partial charge on any atom is 0.0929 e. The van der Waals surface area contributed by atoms with E-state index in [0.717, 1.165) is 11.4 Å². The maximum atomic E-state index is 5.75. The Morgan fingerprint density at radius 2 is 2.29 bits per heavy atom. The second-order valence-corrected chi connectivity index (χ2v) is 2.46.